The molecular formula is C15H23NO3. The highest BCUT2D eigenvalue weighted by molar-refractivity contribution is 5.66. The smallest absolute Gasteiger partial charge is 0.303 e. The Morgan fingerprint density at radius 3 is 2.63 bits per heavy atom. The zero-order valence-corrected chi connectivity index (χ0v) is 12.0. The number of aryl methyl sites for hydroxylation is 2. The summed E-state index contributed by atoms with van der Waals surface area (Å²) < 4.78 is 5.28. The average Bonchev–Trinajstić information content (AvgIpc) is 2.36. The van der Waals surface area contributed by atoms with Gasteiger partial charge in [-0.1, -0.05) is 6.07 Å². The van der Waals surface area contributed by atoms with Crippen LogP contribution >= 0.6 is 0 Å². The minimum Gasteiger partial charge on any atom is -0.496 e. The number of methoxy groups -OCH3 is 1. The fraction of sp³-hybridized carbons (Fsp3) is 0.533. The number of benzene rings is 1. The fourth-order valence-corrected chi connectivity index (χ4v) is 2.01. The number of hydrogen-bond donors (Lipinski definition) is 2. The lowest BCUT2D eigenvalue weighted by Crippen LogP contribution is -2.16. The number of ether oxygens (including phenoxy) is 1. The van der Waals surface area contributed by atoms with E-state index in [9.17, 15) is 4.79 Å². The van der Waals surface area contributed by atoms with Crippen LogP contribution in [0.25, 0.3) is 0 Å². The molecule has 0 amide bonds. The van der Waals surface area contributed by atoms with Crippen LogP contribution in [-0.2, 0) is 11.3 Å². The van der Waals surface area contributed by atoms with E-state index in [0.717, 1.165) is 37.2 Å². The van der Waals surface area contributed by atoms with E-state index in [2.05, 4.69) is 24.4 Å². The first-order valence-corrected chi connectivity index (χ1v) is 6.61. The van der Waals surface area contributed by atoms with E-state index >= 15 is 0 Å². The number of aliphatic carboxylic acids is 1. The van der Waals surface area contributed by atoms with Crippen molar-refractivity contribution in [3.63, 3.8) is 0 Å². The van der Waals surface area contributed by atoms with Crippen LogP contribution in [0.2, 0.25) is 0 Å². The highest BCUT2D eigenvalue weighted by atomic mass is 16.5. The largest absolute Gasteiger partial charge is 0.496 e. The second-order valence-electron chi connectivity index (χ2n) is 4.78. The van der Waals surface area contributed by atoms with E-state index in [4.69, 9.17) is 9.84 Å². The van der Waals surface area contributed by atoms with Crippen LogP contribution in [0.5, 0.6) is 5.75 Å². The molecule has 0 unspecified atom stereocenters. The van der Waals surface area contributed by atoms with Gasteiger partial charge in [0.2, 0.25) is 0 Å². The van der Waals surface area contributed by atoms with Crippen LogP contribution in [0.1, 0.15) is 36.0 Å². The average molecular weight is 265 g/mol. The monoisotopic (exact) mass is 265 g/mol. The van der Waals surface area contributed by atoms with Crippen LogP contribution in [0, 0.1) is 13.8 Å². The van der Waals surface area contributed by atoms with E-state index in [-0.39, 0.29) is 6.42 Å². The first-order valence-electron chi connectivity index (χ1n) is 6.61. The fourth-order valence-electron chi connectivity index (χ4n) is 2.01. The van der Waals surface area contributed by atoms with Gasteiger partial charge in [0.15, 0.2) is 0 Å². The zero-order chi connectivity index (χ0) is 14.3. The zero-order valence-electron chi connectivity index (χ0n) is 12.0. The summed E-state index contributed by atoms with van der Waals surface area (Å²) in [5, 5.41) is 11.9. The summed E-state index contributed by atoms with van der Waals surface area (Å²) in [5.74, 6) is 0.198. The number of carboxylic acids is 1. The normalized spacial score (nSPS) is 10.5. The van der Waals surface area contributed by atoms with Gasteiger partial charge in [0.1, 0.15) is 5.75 Å². The van der Waals surface area contributed by atoms with Crippen molar-refractivity contribution >= 4 is 5.97 Å². The number of carboxylic acid groups (broad SMARTS) is 1. The molecule has 106 valence electrons. The van der Waals surface area contributed by atoms with Gasteiger partial charge in [-0.3, -0.25) is 4.79 Å². The highest BCUT2D eigenvalue weighted by Crippen LogP contribution is 2.22. The van der Waals surface area contributed by atoms with Crippen molar-refractivity contribution in [2.24, 2.45) is 0 Å². The van der Waals surface area contributed by atoms with Crippen LogP contribution in [0.15, 0.2) is 12.1 Å². The first kappa shape index (κ1) is 15.5. The third-order valence-electron chi connectivity index (χ3n) is 3.16. The van der Waals surface area contributed by atoms with Gasteiger partial charge in [0.05, 0.1) is 7.11 Å². The molecule has 0 aromatic heterocycles. The standard InChI is InChI=1S/C15H23NO3/c1-11-9-14(19-3)12(2)8-13(11)10-16-7-5-4-6-15(17)18/h8-9,16H,4-7,10H2,1-3H3,(H,17,18). The Labute approximate surface area is 114 Å². The molecule has 0 saturated heterocycles. The SMILES string of the molecule is COc1cc(C)c(CNCCCCC(=O)O)cc1C. The van der Waals surface area contributed by atoms with Gasteiger partial charge in [-0.25, -0.2) is 0 Å². The van der Waals surface area contributed by atoms with Crippen LogP contribution in [0.4, 0.5) is 0 Å². The number of nitrogens with one attached hydrogen (secondary N) is 1. The third kappa shape index (κ3) is 5.30. The lowest BCUT2D eigenvalue weighted by molar-refractivity contribution is -0.137. The molecule has 2 N–H and O–H groups in total. The minimum atomic E-state index is -0.721. The molecular weight excluding hydrogens is 242 g/mol. The lowest BCUT2D eigenvalue weighted by Gasteiger charge is -2.12. The van der Waals surface area contributed by atoms with Gasteiger partial charge in [0, 0.05) is 13.0 Å². The molecule has 0 radical (unpaired) electrons. The first-order chi connectivity index (χ1) is 9.04. The Hall–Kier alpha value is -1.55. The summed E-state index contributed by atoms with van der Waals surface area (Å²) in [7, 11) is 1.68. The van der Waals surface area contributed by atoms with Crippen molar-refractivity contribution in [3.05, 3.63) is 28.8 Å². The van der Waals surface area contributed by atoms with E-state index in [1.165, 1.54) is 11.1 Å². The molecule has 1 aromatic carbocycles. The molecule has 0 aliphatic rings. The molecule has 19 heavy (non-hydrogen) atoms. The summed E-state index contributed by atoms with van der Waals surface area (Å²) in [5.41, 5.74) is 3.60. The van der Waals surface area contributed by atoms with Crippen molar-refractivity contribution in [1.29, 1.82) is 0 Å². The number of unbranched alkanes of at least 4 members (excludes halogenated alkanes) is 1. The molecule has 0 fully saturated rings. The number of carbonyl (C=O) groups is 1. The molecule has 0 saturated carbocycles. The van der Waals surface area contributed by atoms with Gasteiger partial charge in [-0.15, -0.1) is 0 Å². The molecule has 1 aromatic rings. The molecule has 4 nitrogen and oxygen atoms in total. The topological polar surface area (TPSA) is 58.6 Å². The summed E-state index contributed by atoms with van der Waals surface area (Å²) >= 11 is 0. The van der Waals surface area contributed by atoms with Crippen molar-refractivity contribution < 1.29 is 14.6 Å². The molecule has 0 atom stereocenters. The third-order valence-corrected chi connectivity index (χ3v) is 3.16. The maximum Gasteiger partial charge on any atom is 0.303 e. The lowest BCUT2D eigenvalue weighted by atomic mass is 10.0. The Balaban J connectivity index is 2.37. The van der Waals surface area contributed by atoms with Gasteiger partial charge in [-0.05, 0) is 56.0 Å². The Morgan fingerprint density at radius 2 is 2.00 bits per heavy atom. The highest BCUT2D eigenvalue weighted by Gasteiger charge is 2.04. The quantitative estimate of drug-likeness (QED) is 0.709. The van der Waals surface area contributed by atoms with Gasteiger partial charge in [0.25, 0.3) is 0 Å². The van der Waals surface area contributed by atoms with E-state index in [1.54, 1.807) is 7.11 Å². The second kappa shape index (κ2) is 7.79. The van der Waals surface area contributed by atoms with Gasteiger partial charge in [-0.2, -0.15) is 0 Å². The maximum atomic E-state index is 10.4. The van der Waals surface area contributed by atoms with Crippen molar-refractivity contribution in [2.45, 2.75) is 39.7 Å². The summed E-state index contributed by atoms with van der Waals surface area (Å²) in [6.45, 7) is 5.76. The van der Waals surface area contributed by atoms with Crippen molar-refractivity contribution in [3.8, 4) is 5.75 Å². The Bertz CT molecular complexity index is 430. The van der Waals surface area contributed by atoms with Crippen LogP contribution in [0.3, 0.4) is 0 Å². The Morgan fingerprint density at radius 1 is 1.26 bits per heavy atom. The van der Waals surface area contributed by atoms with Gasteiger partial charge < -0.3 is 15.2 Å². The predicted molar refractivity (Wildman–Crippen MR) is 75.7 cm³/mol. The summed E-state index contributed by atoms with van der Waals surface area (Å²) in [4.78, 5) is 10.4. The second-order valence-corrected chi connectivity index (χ2v) is 4.78. The molecule has 4 heteroatoms. The molecule has 0 aliphatic carbocycles. The summed E-state index contributed by atoms with van der Waals surface area (Å²) in [6, 6.07) is 4.19. The van der Waals surface area contributed by atoms with Crippen LogP contribution in [-0.4, -0.2) is 24.7 Å². The van der Waals surface area contributed by atoms with E-state index < -0.39 is 5.97 Å². The van der Waals surface area contributed by atoms with Gasteiger partial charge >= 0.3 is 5.97 Å². The number of hydrogen-bond acceptors (Lipinski definition) is 3. The van der Waals surface area contributed by atoms with Crippen LogP contribution < -0.4 is 10.1 Å². The maximum absolute atomic E-state index is 10.4. The van der Waals surface area contributed by atoms with E-state index in [1.807, 2.05) is 6.92 Å². The minimum absolute atomic E-state index is 0.252. The summed E-state index contributed by atoms with van der Waals surface area (Å²) in [6.07, 6.45) is 1.87. The molecule has 0 bridgehead atoms. The molecule has 0 heterocycles. The Kier molecular flexibility index (Phi) is 6.36. The number of rotatable bonds is 8. The molecule has 1 rings (SSSR count). The molecule has 0 aliphatic heterocycles. The van der Waals surface area contributed by atoms with E-state index in [0.29, 0.717) is 0 Å². The van der Waals surface area contributed by atoms with Crippen molar-refractivity contribution in [2.75, 3.05) is 13.7 Å². The predicted octanol–water partition coefficient (Wildman–Crippen LogP) is 2.66. The van der Waals surface area contributed by atoms with Crippen molar-refractivity contribution in [1.82, 2.24) is 5.32 Å². The molecule has 0 spiro atoms.